The van der Waals surface area contributed by atoms with Crippen molar-refractivity contribution in [3.8, 4) is 0 Å². The Balaban J connectivity index is 3.03. The smallest absolute Gasteiger partial charge is 0.0597 e. The molecule has 115 valence electrons. The van der Waals surface area contributed by atoms with E-state index in [1.807, 2.05) is 13.8 Å². The lowest BCUT2D eigenvalue weighted by Crippen LogP contribution is -2.12. The van der Waals surface area contributed by atoms with Gasteiger partial charge < -0.3 is 5.11 Å². The molecule has 0 amide bonds. The molecule has 0 aliphatic rings. The maximum absolute atomic E-state index is 9.65. The molecule has 0 aromatic rings. The van der Waals surface area contributed by atoms with Crippen LogP contribution in [0.15, 0.2) is 0 Å². The van der Waals surface area contributed by atoms with Gasteiger partial charge in [0.05, 0.1) is 6.10 Å². The topological polar surface area (TPSA) is 20.2 Å². The van der Waals surface area contributed by atoms with Gasteiger partial charge in [-0.2, -0.15) is 0 Å². The van der Waals surface area contributed by atoms with Crippen molar-refractivity contribution in [2.24, 2.45) is 0 Å². The molecule has 0 spiro atoms. The summed E-state index contributed by atoms with van der Waals surface area (Å²) in [6.45, 7) is 6.31. The number of hydrogen-bond donors (Lipinski definition) is 1. The Morgan fingerprint density at radius 2 is 1.05 bits per heavy atom. The Kier molecular flexibility index (Phi) is 14.3. The first-order valence-corrected chi connectivity index (χ1v) is 8.66. The van der Waals surface area contributed by atoms with Crippen LogP contribution in [0, 0.1) is 5.92 Å². The molecule has 1 radical (unpaired) electrons. The second-order valence-electron chi connectivity index (χ2n) is 6.27. The SMILES string of the molecule is CCCCCCCCCCCCCCC(O)[C](C)C. The molecule has 0 rings (SSSR count). The van der Waals surface area contributed by atoms with Gasteiger partial charge in [0, 0.05) is 0 Å². The summed E-state index contributed by atoms with van der Waals surface area (Å²) in [5, 5.41) is 9.65. The van der Waals surface area contributed by atoms with Gasteiger partial charge in [0.25, 0.3) is 0 Å². The Morgan fingerprint density at radius 3 is 1.42 bits per heavy atom. The van der Waals surface area contributed by atoms with Crippen LogP contribution in [0.5, 0.6) is 0 Å². The van der Waals surface area contributed by atoms with E-state index < -0.39 is 0 Å². The Bertz CT molecular complexity index is 165. The Morgan fingerprint density at radius 1 is 0.684 bits per heavy atom. The summed E-state index contributed by atoms with van der Waals surface area (Å²) in [6, 6.07) is 0. The van der Waals surface area contributed by atoms with Crippen molar-refractivity contribution in [1.82, 2.24) is 0 Å². The van der Waals surface area contributed by atoms with Gasteiger partial charge in [0.15, 0.2) is 0 Å². The highest BCUT2D eigenvalue weighted by Crippen LogP contribution is 2.15. The molecule has 0 aromatic heterocycles. The van der Waals surface area contributed by atoms with Crippen LogP contribution in [0.4, 0.5) is 0 Å². The van der Waals surface area contributed by atoms with Gasteiger partial charge in [-0.05, 0) is 12.3 Å². The summed E-state index contributed by atoms with van der Waals surface area (Å²) >= 11 is 0. The average molecular weight is 269 g/mol. The molecule has 19 heavy (non-hydrogen) atoms. The zero-order valence-corrected chi connectivity index (χ0v) is 13.7. The van der Waals surface area contributed by atoms with Crippen molar-refractivity contribution >= 4 is 0 Å². The normalized spacial score (nSPS) is 13.1. The third-order valence-electron chi connectivity index (χ3n) is 4.00. The molecule has 1 atom stereocenters. The third kappa shape index (κ3) is 14.2. The van der Waals surface area contributed by atoms with Gasteiger partial charge in [-0.25, -0.2) is 0 Å². The van der Waals surface area contributed by atoms with E-state index >= 15 is 0 Å². The number of rotatable bonds is 14. The van der Waals surface area contributed by atoms with Crippen LogP contribution in [0.3, 0.4) is 0 Å². The van der Waals surface area contributed by atoms with Crippen LogP contribution in [-0.2, 0) is 0 Å². The largest absolute Gasteiger partial charge is 0.393 e. The standard InChI is InChI=1S/C18H37O/c1-4-5-6-7-8-9-10-11-12-13-14-15-16-18(19)17(2)3/h18-19H,4-16H2,1-3H3. The molecule has 0 aliphatic carbocycles. The second-order valence-corrected chi connectivity index (χ2v) is 6.27. The van der Waals surface area contributed by atoms with Crippen molar-refractivity contribution in [3.05, 3.63) is 5.92 Å². The van der Waals surface area contributed by atoms with E-state index in [0.29, 0.717) is 0 Å². The number of hydrogen-bond acceptors (Lipinski definition) is 1. The highest BCUT2D eigenvalue weighted by molar-refractivity contribution is 4.86. The predicted octanol–water partition coefficient (Wildman–Crippen LogP) is 6.05. The molecule has 0 heterocycles. The van der Waals surface area contributed by atoms with E-state index in [9.17, 15) is 5.11 Å². The lowest BCUT2D eigenvalue weighted by atomic mass is 10.00. The first-order chi connectivity index (χ1) is 9.18. The highest BCUT2D eigenvalue weighted by Gasteiger charge is 2.08. The average Bonchev–Trinajstić information content (AvgIpc) is 2.39. The molecule has 1 heteroatoms. The van der Waals surface area contributed by atoms with Crippen molar-refractivity contribution in [2.75, 3.05) is 0 Å². The molecular weight excluding hydrogens is 232 g/mol. The summed E-state index contributed by atoms with van der Waals surface area (Å²) in [5.41, 5.74) is 0. The lowest BCUT2D eigenvalue weighted by molar-refractivity contribution is 0.174. The maximum atomic E-state index is 9.65. The van der Waals surface area contributed by atoms with Crippen molar-refractivity contribution in [1.29, 1.82) is 0 Å². The van der Waals surface area contributed by atoms with Crippen LogP contribution in [-0.4, -0.2) is 11.2 Å². The van der Waals surface area contributed by atoms with Gasteiger partial charge in [0.2, 0.25) is 0 Å². The van der Waals surface area contributed by atoms with Gasteiger partial charge in [-0.1, -0.05) is 97.8 Å². The molecule has 1 unspecified atom stereocenters. The summed E-state index contributed by atoms with van der Waals surface area (Å²) in [7, 11) is 0. The molecule has 0 saturated heterocycles. The summed E-state index contributed by atoms with van der Waals surface area (Å²) in [4.78, 5) is 0. The van der Waals surface area contributed by atoms with E-state index in [-0.39, 0.29) is 6.10 Å². The molecule has 0 aliphatic heterocycles. The fourth-order valence-corrected chi connectivity index (χ4v) is 2.47. The van der Waals surface area contributed by atoms with Crippen molar-refractivity contribution in [3.63, 3.8) is 0 Å². The zero-order valence-electron chi connectivity index (χ0n) is 13.7. The minimum absolute atomic E-state index is 0.164. The molecule has 0 saturated carbocycles. The van der Waals surface area contributed by atoms with E-state index in [2.05, 4.69) is 6.92 Å². The molecule has 0 fully saturated rings. The fraction of sp³-hybridized carbons (Fsp3) is 0.944. The molecule has 1 N–H and O–H groups in total. The second kappa shape index (κ2) is 14.4. The van der Waals surface area contributed by atoms with Crippen LogP contribution in [0.25, 0.3) is 0 Å². The van der Waals surface area contributed by atoms with Crippen LogP contribution in [0.1, 0.15) is 104 Å². The van der Waals surface area contributed by atoms with E-state index in [0.717, 1.165) is 12.3 Å². The summed E-state index contributed by atoms with van der Waals surface area (Å²) in [6.07, 6.45) is 17.4. The summed E-state index contributed by atoms with van der Waals surface area (Å²) < 4.78 is 0. The van der Waals surface area contributed by atoms with Crippen LogP contribution >= 0.6 is 0 Å². The van der Waals surface area contributed by atoms with Gasteiger partial charge in [-0.15, -0.1) is 0 Å². The lowest BCUT2D eigenvalue weighted by Gasteiger charge is -2.13. The fourth-order valence-electron chi connectivity index (χ4n) is 2.47. The third-order valence-corrected chi connectivity index (χ3v) is 4.00. The highest BCUT2D eigenvalue weighted by atomic mass is 16.3. The van der Waals surface area contributed by atoms with Crippen molar-refractivity contribution < 1.29 is 5.11 Å². The molecular formula is C18H37O. The quantitative estimate of drug-likeness (QED) is 0.380. The van der Waals surface area contributed by atoms with Gasteiger partial charge in [-0.3, -0.25) is 0 Å². The number of aliphatic hydroxyl groups is 1. The monoisotopic (exact) mass is 269 g/mol. The number of aliphatic hydroxyl groups excluding tert-OH is 1. The van der Waals surface area contributed by atoms with Gasteiger partial charge >= 0.3 is 0 Å². The minimum atomic E-state index is -0.164. The summed E-state index contributed by atoms with van der Waals surface area (Å²) in [5.74, 6) is 1.16. The Labute approximate surface area is 122 Å². The molecule has 1 nitrogen and oxygen atoms in total. The first-order valence-electron chi connectivity index (χ1n) is 8.66. The number of unbranched alkanes of at least 4 members (excludes halogenated alkanes) is 11. The first kappa shape index (κ1) is 19.0. The maximum Gasteiger partial charge on any atom is 0.0597 e. The Hall–Kier alpha value is -0.0400. The van der Waals surface area contributed by atoms with Crippen molar-refractivity contribution in [2.45, 2.75) is 110 Å². The van der Waals surface area contributed by atoms with Gasteiger partial charge in [0.1, 0.15) is 0 Å². The molecule has 0 bridgehead atoms. The van der Waals surface area contributed by atoms with E-state index in [1.165, 1.54) is 77.0 Å². The van der Waals surface area contributed by atoms with Crippen LogP contribution < -0.4 is 0 Å². The molecule has 0 aromatic carbocycles. The van der Waals surface area contributed by atoms with E-state index in [1.54, 1.807) is 0 Å². The predicted molar refractivity (Wildman–Crippen MR) is 86.3 cm³/mol. The van der Waals surface area contributed by atoms with Crippen LogP contribution in [0.2, 0.25) is 0 Å². The minimum Gasteiger partial charge on any atom is -0.393 e. The van der Waals surface area contributed by atoms with E-state index in [4.69, 9.17) is 0 Å². The zero-order chi connectivity index (χ0) is 14.3.